The molecule has 2 fully saturated rings. The van der Waals surface area contributed by atoms with Crippen molar-refractivity contribution in [3.63, 3.8) is 0 Å². The van der Waals surface area contributed by atoms with E-state index in [-0.39, 0.29) is 19.1 Å². The van der Waals surface area contributed by atoms with E-state index in [0.717, 1.165) is 12.1 Å². The highest BCUT2D eigenvalue weighted by Crippen LogP contribution is 2.32. The van der Waals surface area contributed by atoms with Crippen molar-refractivity contribution in [3.8, 4) is 0 Å². The molecule has 3 unspecified atom stereocenters. The van der Waals surface area contributed by atoms with Gasteiger partial charge < -0.3 is 20.1 Å². The summed E-state index contributed by atoms with van der Waals surface area (Å²) in [6.07, 6.45) is -5.19. The lowest BCUT2D eigenvalue weighted by Gasteiger charge is -2.34. The van der Waals surface area contributed by atoms with E-state index >= 15 is 0 Å². The Kier molecular flexibility index (Phi) is 4.80. The number of aliphatic hydroxyl groups is 1. The Balaban J connectivity index is 1.70. The highest BCUT2D eigenvalue weighted by molar-refractivity contribution is 5.82. The van der Waals surface area contributed by atoms with Gasteiger partial charge in [-0.2, -0.15) is 13.2 Å². The normalized spacial score (nSPS) is 28.2. The first kappa shape index (κ1) is 17.2. The van der Waals surface area contributed by atoms with E-state index in [9.17, 15) is 23.1 Å². The molecule has 5 nitrogen and oxygen atoms in total. The molecule has 2 N–H and O–H groups in total. The maximum atomic E-state index is 12.8. The van der Waals surface area contributed by atoms with Gasteiger partial charge in [0.05, 0.1) is 30.9 Å². The van der Waals surface area contributed by atoms with Crippen molar-refractivity contribution in [3.05, 3.63) is 35.4 Å². The predicted octanol–water partition coefficient (Wildman–Crippen LogP) is 1.33. The van der Waals surface area contributed by atoms with Gasteiger partial charge in [-0.05, 0) is 24.1 Å². The lowest BCUT2D eigenvalue weighted by Crippen LogP contribution is -2.49. The molecule has 24 heavy (non-hydrogen) atoms. The second-order valence-electron chi connectivity index (χ2n) is 6.12. The zero-order valence-corrected chi connectivity index (χ0v) is 12.9. The van der Waals surface area contributed by atoms with Crippen LogP contribution in [0, 0.1) is 0 Å². The average Bonchev–Trinajstić information content (AvgIpc) is 3.00. The third-order valence-electron chi connectivity index (χ3n) is 4.37. The lowest BCUT2D eigenvalue weighted by molar-refractivity contribution is -0.142. The van der Waals surface area contributed by atoms with Gasteiger partial charge in [-0.25, -0.2) is 0 Å². The third kappa shape index (κ3) is 3.71. The Morgan fingerprint density at radius 2 is 2.17 bits per heavy atom. The summed E-state index contributed by atoms with van der Waals surface area (Å²) in [6.45, 7) is 1.23. The second kappa shape index (κ2) is 6.70. The Bertz CT molecular complexity index is 608. The van der Waals surface area contributed by atoms with Crippen molar-refractivity contribution in [1.82, 2.24) is 10.2 Å². The number of morpholine rings is 1. The first-order valence-corrected chi connectivity index (χ1v) is 7.83. The van der Waals surface area contributed by atoms with Gasteiger partial charge in [0.1, 0.15) is 6.10 Å². The molecule has 8 heteroatoms. The van der Waals surface area contributed by atoms with Crippen molar-refractivity contribution >= 4 is 5.91 Å². The molecule has 132 valence electrons. The minimum Gasteiger partial charge on any atom is -0.392 e. The van der Waals surface area contributed by atoms with Crippen LogP contribution in [-0.2, 0) is 15.7 Å². The Labute approximate surface area is 137 Å². The zero-order valence-electron chi connectivity index (χ0n) is 12.9. The summed E-state index contributed by atoms with van der Waals surface area (Å²) >= 11 is 0. The maximum Gasteiger partial charge on any atom is 0.416 e. The van der Waals surface area contributed by atoms with Gasteiger partial charge in [-0.15, -0.1) is 0 Å². The molecule has 2 aliphatic heterocycles. The number of amides is 1. The molecule has 0 saturated carbocycles. The van der Waals surface area contributed by atoms with Crippen LogP contribution in [0.5, 0.6) is 0 Å². The summed E-state index contributed by atoms with van der Waals surface area (Å²) in [5, 5.41) is 12.5. The van der Waals surface area contributed by atoms with Gasteiger partial charge in [0, 0.05) is 13.1 Å². The number of halogens is 3. The third-order valence-corrected chi connectivity index (χ3v) is 4.37. The number of hydrogen-bond donors (Lipinski definition) is 2. The number of benzene rings is 1. The predicted molar refractivity (Wildman–Crippen MR) is 79.1 cm³/mol. The molecule has 0 bridgehead atoms. The van der Waals surface area contributed by atoms with E-state index in [1.165, 1.54) is 6.07 Å². The molecule has 0 aromatic heterocycles. The molecule has 3 rings (SSSR count). The smallest absolute Gasteiger partial charge is 0.392 e. The van der Waals surface area contributed by atoms with Gasteiger partial charge in [0.25, 0.3) is 0 Å². The van der Waals surface area contributed by atoms with E-state index in [0.29, 0.717) is 25.1 Å². The summed E-state index contributed by atoms with van der Waals surface area (Å²) in [5.41, 5.74) is -0.325. The van der Waals surface area contributed by atoms with Gasteiger partial charge in [0.2, 0.25) is 5.91 Å². The zero-order chi connectivity index (χ0) is 17.3. The molecule has 1 amide bonds. The first-order chi connectivity index (χ1) is 11.3. The van der Waals surface area contributed by atoms with Gasteiger partial charge in [-0.3, -0.25) is 4.79 Å². The summed E-state index contributed by atoms with van der Waals surface area (Å²) < 4.78 is 44.1. The summed E-state index contributed by atoms with van der Waals surface area (Å²) in [7, 11) is 0. The van der Waals surface area contributed by atoms with Crippen LogP contribution in [0.4, 0.5) is 13.2 Å². The largest absolute Gasteiger partial charge is 0.416 e. The van der Waals surface area contributed by atoms with Crippen molar-refractivity contribution < 1.29 is 27.8 Å². The number of hydrogen-bond acceptors (Lipinski definition) is 4. The summed E-state index contributed by atoms with van der Waals surface area (Å²) in [4.78, 5) is 14.1. The van der Waals surface area contributed by atoms with Crippen LogP contribution in [0.2, 0.25) is 0 Å². The number of nitrogens with one attached hydrogen (secondary N) is 1. The van der Waals surface area contributed by atoms with Gasteiger partial charge in [-0.1, -0.05) is 12.1 Å². The van der Waals surface area contributed by atoms with E-state index in [4.69, 9.17) is 4.74 Å². The number of carbonyl (C=O) groups excluding carboxylic acids is 1. The Hall–Kier alpha value is -1.64. The SMILES string of the molecule is O=C(C1CC(O)CN1)N1CCOC(c2cccc(C(F)(F)F)c2)C1. The fraction of sp³-hybridized carbons (Fsp3) is 0.562. The summed E-state index contributed by atoms with van der Waals surface area (Å²) in [6, 6.07) is 4.55. The highest BCUT2D eigenvalue weighted by atomic mass is 19.4. The molecule has 1 aromatic carbocycles. The van der Waals surface area contributed by atoms with E-state index in [1.54, 1.807) is 11.0 Å². The van der Waals surface area contributed by atoms with Gasteiger partial charge in [0.15, 0.2) is 0 Å². The van der Waals surface area contributed by atoms with Crippen LogP contribution in [0.15, 0.2) is 24.3 Å². The quantitative estimate of drug-likeness (QED) is 0.850. The molecule has 0 radical (unpaired) electrons. The molecule has 2 heterocycles. The van der Waals surface area contributed by atoms with Gasteiger partial charge >= 0.3 is 6.18 Å². The van der Waals surface area contributed by atoms with E-state index in [2.05, 4.69) is 5.32 Å². The molecule has 2 aliphatic rings. The molecule has 0 spiro atoms. The van der Waals surface area contributed by atoms with Crippen molar-refractivity contribution in [2.24, 2.45) is 0 Å². The van der Waals surface area contributed by atoms with Crippen LogP contribution in [-0.4, -0.2) is 54.3 Å². The highest BCUT2D eigenvalue weighted by Gasteiger charge is 2.35. The minimum absolute atomic E-state index is 0.146. The Morgan fingerprint density at radius 3 is 2.83 bits per heavy atom. The number of ether oxygens (including phenoxy) is 1. The summed E-state index contributed by atoms with van der Waals surface area (Å²) in [5.74, 6) is -0.146. The Morgan fingerprint density at radius 1 is 1.38 bits per heavy atom. The number of alkyl halides is 3. The average molecular weight is 344 g/mol. The lowest BCUT2D eigenvalue weighted by atomic mass is 10.0. The number of aliphatic hydroxyl groups excluding tert-OH is 1. The van der Waals surface area contributed by atoms with Crippen molar-refractivity contribution in [2.45, 2.75) is 30.8 Å². The fourth-order valence-electron chi connectivity index (χ4n) is 3.09. The molecule has 3 atom stereocenters. The molecular weight excluding hydrogens is 325 g/mol. The van der Waals surface area contributed by atoms with Crippen LogP contribution < -0.4 is 5.32 Å². The standard InChI is InChI=1S/C16H19F3N2O3/c17-16(18,19)11-3-1-2-10(6-11)14-9-21(4-5-24-14)15(23)13-7-12(22)8-20-13/h1-3,6,12-14,20,22H,4-5,7-9H2. The van der Waals surface area contributed by atoms with Crippen LogP contribution in [0.25, 0.3) is 0 Å². The maximum absolute atomic E-state index is 12.8. The number of nitrogens with zero attached hydrogens (tertiary/aromatic N) is 1. The molecule has 2 saturated heterocycles. The number of rotatable bonds is 2. The first-order valence-electron chi connectivity index (χ1n) is 7.83. The second-order valence-corrected chi connectivity index (χ2v) is 6.12. The fourth-order valence-corrected chi connectivity index (χ4v) is 3.09. The molecular formula is C16H19F3N2O3. The monoisotopic (exact) mass is 344 g/mol. The number of carbonyl (C=O) groups is 1. The minimum atomic E-state index is -4.41. The molecule has 1 aromatic rings. The van der Waals surface area contributed by atoms with Crippen LogP contribution >= 0.6 is 0 Å². The van der Waals surface area contributed by atoms with Crippen molar-refractivity contribution in [1.29, 1.82) is 0 Å². The molecule has 0 aliphatic carbocycles. The van der Waals surface area contributed by atoms with E-state index < -0.39 is 30.0 Å². The topological polar surface area (TPSA) is 61.8 Å². The number of β-amino-alcohol motifs (C(OH)–C–C–N with tert-alkyl or cyclic N) is 1. The van der Waals surface area contributed by atoms with Crippen LogP contribution in [0.1, 0.15) is 23.7 Å². The van der Waals surface area contributed by atoms with Crippen molar-refractivity contribution in [2.75, 3.05) is 26.2 Å². The van der Waals surface area contributed by atoms with E-state index in [1.807, 2.05) is 0 Å². The van der Waals surface area contributed by atoms with Crippen LogP contribution in [0.3, 0.4) is 0 Å².